The molecule has 0 heterocycles. The van der Waals surface area contributed by atoms with Gasteiger partial charge >= 0.3 is 41.5 Å². The van der Waals surface area contributed by atoms with Crippen LogP contribution in [0.5, 0.6) is 0 Å². The molecular weight excluding hydrogens is 768 g/mol. The first-order chi connectivity index (χ1) is 28.3. The van der Waals surface area contributed by atoms with Crippen LogP contribution in [0.15, 0.2) is 47.4 Å². The quantitative estimate of drug-likeness (QED) is 0.0212. The standard InChI is InChI=1S/C50H86O7S.Na/c1-3-5-7-9-11-13-15-17-19-21-23-25-27-29-31-33-35-37-39-44-56-49(51)46-42-41-43-47(58(53,54)55)48(46)50(52)57-45-40-38-36-34-32-30-28-26-24-22-20-18-16-14-12-10-8-6-4-2;/h13-16,41-43H,3-12,17-40,44-45H2,1-2H3,(H,53,54,55);/q;+1/p-1/b15-13+,16-14+;. The summed E-state index contributed by atoms with van der Waals surface area (Å²) in [6.07, 6.45) is 50.3. The maximum absolute atomic E-state index is 13.0. The van der Waals surface area contributed by atoms with E-state index >= 15 is 0 Å². The number of ether oxygens (including phenoxy) is 2. The average Bonchev–Trinajstić information content (AvgIpc) is 3.21. The van der Waals surface area contributed by atoms with E-state index in [0.717, 1.165) is 44.6 Å². The minimum Gasteiger partial charge on any atom is -0.744 e. The van der Waals surface area contributed by atoms with Crippen LogP contribution < -0.4 is 29.6 Å². The molecule has 334 valence electrons. The zero-order valence-electron chi connectivity index (χ0n) is 38.3. The normalized spacial score (nSPS) is 11.7. The van der Waals surface area contributed by atoms with Crippen molar-refractivity contribution >= 4 is 22.1 Å². The van der Waals surface area contributed by atoms with Crippen molar-refractivity contribution in [3.05, 3.63) is 53.6 Å². The molecule has 0 aliphatic carbocycles. The summed E-state index contributed by atoms with van der Waals surface area (Å²) < 4.78 is 46.9. The van der Waals surface area contributed by atoms with Crippen LogP contribution in [0, 0.1) is 0 Å². The summed E-state index contributed by atoms with van der Waals surface area (Å²) in [5.74, 6) is -1.81. The smallest absolute Gasteiger partial charge is 0.744 e. The second-order valence-electron chi connectivity index (χ2n) is 16.4. The van der Waals surface area contributed by atoms with Gasteiger partial charge in [0.1, 0.15) is 10.1 Å². The zero-order valence-corrected chi connectivity index (χ0v) is 41.1. The van der Waals surface area contributed by atoms with Gasteiger partial charge in [-0.05, 0) is 76.3 Å². The van der Waals surface area contributed by atoms with Crippen molar-refractivity contribution in [2.75, 3.05) is 13.2 Å². The molecule has 9 heteroatoms. The fourth-order valence-electron chi connectivity index (χ4n) is 7.36. The maximum atomic E-state index is 13.0. The molecule has 0 amide bonds. The van der Waals surface area contributed by atoms with Crippen LogP contribution in [0.1, 0.15) is 253 Å². The summed E-state index contributed by atoms with van der Waals surface area (Å²) in [6.45, 7) is 4.75. The Labute approximate surface area is 385 Å². The Morgan fingerprint density at radius 1 is 0.475 bits per heavy atom. The number of benzene rings is 1. The second-order valence-corrected chi connectivity index (χ2v) is 17.7. The van der Waals surface area contributed by atoms with E-state index < -0.39 is 32.5 Å². The first-order valence-electron chi connectivity index (χ1n) is 24.1. The van der Waals surface area contributed by atoms with Crippen LogP contribution in [-0.2, 0) is 19.6 Å². The summed E-state index contributed by atoms with van der Waals surface area (Å²) in [7, 11) is -5.02. The first-order valence-corrected chi connectivity index (χ1v) is 25.5. The van der Waals surface area contributed by atoms with Crippen molar-refractivity contribution in [1.82, 2.24) is 0 Å². The predicted octanol–water partition coefficient (Wildman–Crippen LogP) is 12.3. The van der Waals surface area contributed by atoms with Gasteiger partial charge in [0.15, 0.2) is 0 Å². The molecule has 59 heavy (non-hydrogen) atoms. The van der Waals surface area contributed by atoms with Gasteiger partial charge in [0.05, 0.1) is 29.2 Å². The van der Waals surface area contributed by atoms with Gasteiger partial charge in [-0.1, -0.05) is 198 Å². The second kappa shape index (κ2) is 41.9. The van der Waals surface area contributed by atoms with Crippen LogP contribution in [0.4, 0.5) is 0 Å². The Kier molecular flexibility index (Phi) is 40.9. The molecule has 0 aromatic heterocycles. The molecular formula is C50H85NaO7S. The monoisotopic (exact) mass is 853 g/mol. The molecule has 0 atom stereocenters. The molecule has 0 N–H and O–H groups in total. The number of esters is 2. The number of carbonyl (C=O) groups excluding carboxylic acids is 2. The molecule has 0 spiro atoms. The minimum atomic E-state index is -5.02. The molecule has 0 fully saturated rings. The summed E-state index contributed by atoms with van der Waals surface area (Å²) in [5, 5.41) is 0. The summed E-state index contributed by atoms with van der Waals surface area (Å²) in [6, 6.07) is 3.64. The molecule has 0 aliphatic heterocycles. The van der Waals surface area contributed by atoms with E-state index in [2.05, 4.69) is 38.2 Å². The van der Waals surface area contributed by atoms with Gasteiger partial charge in [-0.3, -0.25) is 0 Å². The van der Waals surface area contributed by atoms with Crippen LogP contribution in [0.25, 0.3) is 0 Å². The molecule has 0 saturated carbocycles. The van der Waals surface area contributed by atoms with Gasteiger partial charge in [0, 0.05) is 0 Å². The van der Waals surface area contributed by atoms with Crippen LogP contribution in [0.3, 0.4) is 0 Å². The van der Waals surface area contributed by atoms with Crippen molar-refractivity contribution in [2.45, 2.75) is 237 Å². The van der Waals surface area contributed by atoms with E-state index in [1.807, 2.05) is 0 Å². The molecule has 7 nitrogen and oxygen atoms in total. The van der Waals surface area contributed by atoms with Gasteiger partial charge in [0.2, 0.25) is 0 Å². The van der Waals surface area contributed by atoms with E-state index in [1.165, 1.54) is 179 Å². The van der Waals surface area contributed by atoms with E-state index in [1.54, 1.807) is 0 Å². The number of carbonyl (C=O) groups is 2. The molecule has 0 unspecified atom stereocenters. The number of allylic oxidation sites excluding steroid dienone is 4. The molecule has 1 rings (SSSR count). The minimum absolute atomic E-state index is 0. The Balaban J connectivity index is 0.0000336. The number of hydrogen-bond donors (Lipinski definition) is 0. The van der Waals surface area contributed by atoms with Gasteiger partial charge in [-0.25, -0.2) is 18.0 Å². The average molecular weight is 853 g/mol. The van der Waals surface area contributed by atoms with Crippen LogP contribution in [-0.4, -0.2) is 38.1 Å². The number of unbranched alkanes of at least 4 members (excludes halogenated alkanes) is 30. The molecule has 0 radical (unpaired) electrons. The van der Waals surface area contributed by atoms with Crippen molar-refractivity contribution in [2.24, 2.45) is 0 Å². The Bertz CT molecular complexity index is 1310. The third kappa shape index (κ3) is 33.8. The van der Waals surface area contributed by atoms with E-state index in [-0.39, 0.29) is 48.3 Å². The first kappa shape index (κ1) is 57.5. The Morgan fingerprint density at radius 3 is 1.12 bits per heavy atom. The fourth-order valence-corrected chi connectivity index (χ4v) is 8.05. The summed E-state index contributed by atoms with van der Waals surface area (Å²) >= 11 is 0. The predicted molar refractivity (Wildman–Crippen MR) is 242 cm³/mol. The maximum Gasteiger partial charge on any atom is 1.00 e. The molecule has 0 saturated heterocycles. The zero-order chi connectivity index (χ0) is 42.2. The third-order valence-electron chi connectivity index (χ3n) is 11.0. The van der Waals surface area contributed by atoms with Crippen molar-refractivity contribution in [1.29, 1.82) is 0 Å². The van der Waals surface area contributed by atoms with Crippen LogP contribution in [0.2, 0.25) is 0 Å². The van der Waals surface area contributed by atoms with E-state index in [0.29, 0.717) is 12.8 Å². The molecule has 0 bridgehead atoms. The van der Waals surface area contributed by atoms with Crippen molar-refractivity contribution in [3.8, 4) is 0 Å². The fraction of sp³-hybridized carbons (Fsp3) is 0.760. The van der Waals surface area contributed by atoms with Gasteiger partial charge in [-0.2, -0.15) is 0 Å². The Hall–Kier alpha value is -1.45. The number of rotatable bonds is 41. The van der Waals surface area contributed by atoms with Crippen molar-refractivity contribution in [3.63, 3.8) is 0 Å². The van der Waals surface area contributed by atoms with Gasteiger partial charge in [-0.15, -0.1) is 0 Å². The topological polar surface area (TPSA) is 110 Å². The molecule has 1 aromatic carbocycles. The number of hydrogen-bond acceptors (Lipinski definition) is 7. The Morgan fingerprint density at radius 2 is 0.780 bits per heavy atom. The van der Waals surface area contributed by atoms with Gasteiger partial charge < -0.3 is 14.0 Å². The van der Waals surface area contributed by atoms with Crippen LogP contribution >= 0.6 is 0 Å². The molecule has 0 aliphatic rings. The largest absolute Gasteiger partial charge is 1.00 e. The third-order valence-corrected chi connectivity index (χ3v) is 11.9. The molecule has 1 aromatic rings. The summed E-state index contributed by atoms with van der Waals surface area (Å²) in [4.78, 5) is 25.3. The van der Waals surface area contributed by atoms with E-state index in [4.69, 9.17) is 9.47 Å². The van der Waals surface area contributed by atoms with E-state index in [9.17, 15) is 22.6 Å². The summed E-state index contributed by atoms with van der Waals surface area (Å²) in [5.41, 5.74) is -0.775. The SMILES string of the molecule is CCCCCC/C=C/CCCCCCCCCCCCCOC(=O)c1cccc(S(=O)(=O)[O-])c1C(=O)OCCCCCCCCCCCCC/C=C/CCCCCC.[Na+]. The van der Waals surface area contributed by atoms with Gasteiger partial charge in [0.25, 0.3) is 0 Å². The van der Waals surface area contributed by atoms with Crippen molar-refractivity contribution < 1.29 is 61.6 Å².